The lowest BCUT2D eigenvalue weighted by Crippen LogP contribution is -2.37. The summed E-state index contributed by atoms with van der Waals surface area (Å²) in [6.45, 7) is 5.50. The van der Waals surface area contributed by atoms with Crippen LogP contribution in [0.15, 0.2) is 36.5 Å². The van der Waals surface area contributed by atoms with Crippen LogP contribution >= 0.6 is 7.82 Å². The minimum Gasteiger partial charge on any atom is -0.457 e. The van der Waals surface area contributed by atoms with E-state index in [0.717, 1.165) is 57.8 Å². The number of phosphoric acid groups is 1. The normalized spacial score (nSPS) is 13.9. The molecule has 354 valence electrons. The zero-order valence-corrected chi connectivity index (χ0v) is 41.1. The number of hydrogen-bond donors (Lipinski definition) is 1. The van der Waals surface area contributed by atoms with E-state index < -0.39 is 13.9 Å². The minimum absolute atomic E-state index is 0.0837. The van der Waals surface area contributed by atoms with Gasteiger partial charge in [-0.25, -0.2) is 4.57 Å². The van der Waals surface area contributed by atoms with Gasteiger partial charge in [-0.1, -0.05) is 211 Å². The van der Waals surface area contributed by atoms with Gasteiger partial charge in [-0.2, -0.15) is 0 Å². The fourth-order valence-corrected chi connectivity index (χ4v) is 7.84. The Morgan fingerprint density at radius 3 is 1.43 bits per heavy atom. The predicted octanol–water partition coefficient (Wildman–Crippen LogP) is 15.3. The maximum atomic E-state index is 12.7. The molecule has 2 atom stereocenters. The number of allylic oxidation sites excluding steroid dienone is 6. The van der Waals surface area contributed by atoms with Crippen LogP contribution in [-0.4, -0.2) is 75.6 Å². The molecule has 0 aromatic rings. The van der Waals surface area contributed by atoms with Gasteiger partial charge >= 0.3 is 13.8 Å². The molecule has 9 heteroatoms. The second kappa shape index (κ2) is 44.3. The molecule has 8 nitrogen and oxygen atoms in total. The van der Waals surface area contributed by atoms with E-state index in [-0.39, 0.29) is 25.8 Å². The Morgan fingerprint density at radius 2 is 0.967 bits per heavy atom. The Kier molecular flexibility index (Phi) is 43.4. The number of hydrogen-bond acceptors (Lipinski definition) is 6. The van der Waals surface area contributed by atoms with Crippen LogP contribution < -0.4 is 0 Å². The lowest BCUT2D eigenvalue weighted by molar-refractivity contribution is -0.870. The van der Waals surface area contributed by atoms with Crippen LogP contribution in [0, 0.1) is 0 Å². The third-order valence-electron chi connectivity index (χ3n) is 11.0. The van der Waals surface area contributed by atoms with Crippen LogP contribution in [0.3, 0.4) is 0 Å². The average molecular weight is 869 g/mol. The number of carbonyl (C=O) groups is 1. The SMILES string of the molecule is CC/C=C\C/C=C\C/C=C\CCCCCC(=O)OC(COCCCCCCCCCCCCCCCCCCCCCCCCCCC)COP(=O)(O)OCC[N+](C)(C)C. The van der Waals surface area contributed by atoms with Crippen LogP contribution in [0.2, 0.25) is 0 Å². The van der Waals surface area contributed by atoms with Crippen molar-refractivity contribution in [2.24, 2.45) is 0 Å². The van der Waals surface area contributed by atoms with Crippen molar-refractivity contribution in [3.63, 3.8) is 0 Å². The van der Waals surface area contributed by atoms with E-state index in [4.69, 9.17) is 18.5 Å². The van der Waals surface area contributed by atoms with Gasteiger partial charge in [-0.15, -0.1) is 0 Å². The molecule has 0 bridgehead atoms. The molecule has 0 aliphatic carbocycles. The summed E-state index contributed by atoms with van der Waals surface area (Å²) in [5.41, 5.74) is 0. The standard InChI is InChI=1S/C51H98NO7P/c1-6-8-10-12-14-16-18-20-21-22-23-24-25-26-27-28-29-30-31-33-35-37-39-41-43-46-56-48-50(49-58-60(54,55)57-47-45-52(3,4)5)59-51(53)44-42-40-38-36-34-32-19-17-15-13-11-9-7-2/h9,11,15,17,32,34,50H,6-8,10,12-14,16,18-31,33,35-49H2,1-5H3/p+1/b11-9-,17-15-,34-32-. The maximum Gasteiger partial charge on any atom is 0.472 e. The van der Waals surface area contributed by atoms with Gasteiger partial charge in [0.05, 0.1) is 34.4 Å². The van der Waals surface area contributed by atoms with Crippen molar-refractivity contribution in [3.8, 4) is 0 Å². The van der Waals surface area contributed by atoms with Crippen LogP contribution in [-0.2, 0) is 27.9 Å². The third kappa shape index (κ3) is 47.8. The van der Waals surface area contributed by atoms with E-state index >= 15 is 0 Å². The topological polar surface area (TPSA) is 91.3 Å². The number of rotatable bonds is 47. The summed E-state index contributed by atoms with van der Waals surface area (Å²) < 4.78 is 35.0. The Morgan fingerprint density at radius 1 is 0.533 bits per heavy atom. The molecule has 0 spiro atoms. The number of phosphoric ester groups is 1. The molecular weight excluding hydrogens is 770 g/mol. The van der Waals surface area contributed by atoms with Crippen molar-refractivity contribution < 1.29 is 37.3 Å². The number of quaternary nitrogens is 1. The van der Waals surface area contributed by atoms with Gasteiger partial charge < -0.3 is 18.9 Å². The molecular formula is C51H99NO7P+. The molecule has 1 N–H and O–H groups in total. The quantitative estimate of drug-likeness (QED) is 0.0214. The van der Waals surface area contributed by atoms with Crippen LogP contribution in [0.1, 0.15) is 226 Å². The van der Waals surface area contributed by atoms with Crippen LogP contribution in [0.5, 0.6) is 0 Å². The second-order valence-corrected chi connectivity index (χ2v) is 19.6. The molecule has 0 aromatic heterocycles. The largest absolute Gasteiger partial charge is 0.472 e. The Hall–Kier alpha value is -1.28. The summed E-state index contributed by atoms with van der Waals surface area (Å²) >= 11 is 0. The zero-order valence-electron chi connectivity index (χ0n) is 40.2. The van der Waals surface area contributed by atoms with Crippen LogP contribution in [0.25, 0.3) is 0 Å². The summed E-state index contributed by atoms with van der Waals surface area (Å²) in [5, 5.41) is 0. The summed E-state index contributed by atoms with van der Waals surface area (Å²) in [6.07, 6.45) is 53.5. The highest BCUT2D eigenvalue weighted by atomic mass is 31.2. The monoisotopic (exact) mass is 869 g/mol. The third-order valence-corrected chi connectivity index (χ3v) is 12.0. The Balaban J connectivity index is 4.04. The maximum absolute atomic E-state index is 12.7. The molecule has 60 heavy (non-hydrogen) atoms. The predicted molar refractivity (Wildman–Crippen MR) is 256 cm³/mol. The molecule has 0 heterocycles. The molecule has 0 aliphatic heterocycles. The first-order valence-corrected chi connectivity index (χ1v) is 26.7. The van der Waals surface area contributed by atoms with E-state index in [1.54, 1.807) is 0 Å². The van der Waals surface area contributed by atoms with E-state index in [1.165, 1.54) is 148 Å². The van der Waals surface area contributed by atoms with Crippen molar-refractivity contribution in [2.75, 3.05) is 54.1 Å². The molecule has 0 amide bonds. The van der Waals surface area contributed by atoms with Gasteiger partial charge in [0.2, 0.25) is 0 Å². The van der Waals surface area contributed by atoms with Gasteiger partial charge in [0.25, 0.3) is 0 Å². The van der Waals surface area contributed by atoms with Crippen molar-refractivity contribution in [2.45, 2.75) is 232 Å². The van der Waals surface area contributed by atoms with Crippen molar-refractivity contribution in [1.29, 1.82) is 0 Å². The van der Waals surface area contributed by atoms with Gasteiger partial charge in [0.15, 0.2) is 0 Å². The summed E-state index contributed by atoms with van der Waals surface area (Å²) in [5.74, 6) is -0.339. The lowest BCUT2D eigenvalue weighted by Gasteiger charge is -2.24. The number of ether oxygens (including phenoxy) is 2. The summed E-state index contributed by atoms with van der Waals surface area (Å²) in [6, 6.07) is 0. The number of carbonyl (C=O) groups excluding carboxylic acids is 1. The molecule has 0 fully saturated rings. The first-order valence-electron chi connectivity index (χ1n) is 25.2. The molecule has 0 saturated carbocycles. The molecule has 0 aliphatic rings. The van der Waals surface area contributed by atoms with E-state index in [1.807, 2.05) is 21.1 Å². The molecule has 0 saturated heterocycles. The van der Waals surface area contributed by atoms with E-state index in [9.17, 15) is 14.3 Å². The van der Waals surface area contributed by atoms with E-state index in [0.29, 0.717) is 24.1 Å². The molecule has 0 rings (SSSR count). The van der Waals surface area contributed by atoms with Crippen molar-refractivity contribution in [1.82, 2.24) is 0 Å². The lowest BCUT2D eigenvalue weighted by atomic mass is 10.0. The first kappa shape index (κ1) is 58.7. The van der Waals surface area contributed by atoms with Gasteiger partial charge in [0, 0.05) is 13.0 Å². The molecule has 0 aromatic carbocycles. The molecule has 0 radical (unpaired) electrons. The van der Waals surface area contributed by atoms with Gasteiger partial charge in [-0.05, 0) is 44.9 Å². The second-order valence-electron chi connectivity index (χ2n) is 18.2. The highest BCUT2D eigenvalue weighted by Crippen LogP contribution is 2.43. The summed E-state index contributed by atoms with van der Waals surface area (Å²) in [7, 11) is 1.65. The summed E-state index contributed by atoms with van der Waals surface area (Å²) in [4.78, 5) is 22.9. The first-order chi connectivity index (χ1) is 29.1. The highest BCUT2D eigenvalue weighted by molar-refractivity contribution is 7.47. The number of esters is 1. The van der Waals surface area contributed by atoms with Gasteiger partial charge in [-0.3, -0.25) is 13.8 Å². The number of likely N-dealkylation sites (N-methyl/N-ethyl adjacent to an activating group) is 1. The smallest absolute Gasteiger partial charge is 0.457 e. The molecule has 2 unspecified atom stereocenters. The number of nitrogens with zero attached hydrogens (tertiary/aromatic N) is 1. The average Bonchev–Trinajstić information content (AvgIpc) is 3.20. The zero-order chi connectivity index (χ0) is 44.1. The number of unbranched alkanes of at least 4 members (excludes halogenated alkanes) is 27. The van der Waals surface area contributed by atoms with E-state index in [2.05, 4.69) is 50.3 Å². The highest BCUT2D eigenvalue weighted by Gasteiger charge is 2.26. The fourth-order valence-electron chi connectivity index (χ4n) is 7.10. The van der Waals surface area contributed by atoms with Gasteiger partial charge in [0.1, 0.15) is 19.3 Å². The Labute approximate surface area is 372 Å². The van der Waals surface area contributed by atoms with Crippen LogP contribution in [0.4, 0.5) is 0 Å². The minimum atomic E-state index is -4.28. The van der Waals surface area contributed by atoms with Crippen molar-refractivity contribution >= 4 is 13.8 Å². The van der Waals surface area contributed by atoms with Crippen molar-refractivity contribution in [3.05, 3.63) is 36.5 Å². The fraction of sp³-hybridized carbons (Fsp3) is 0.863. The Bertz CT molecular complexity index is 1060.